The SMILES string of the molecule is COCC1=CCN(CCCc2ccccc2N)CC1. The molecule has 0 radical (unpaired) electrons. The van der Waals surface area contributed by atoms with Crippen LogP contribution in [0.3, 0.4) is 0 Å². The molecule has 19 heavy (non-hydrogen) atoms. The van der Waals surface area contributed by atoms with E-state index in [4.69, 9.17) is 10.5 Å². The van der Waals surface area contributed by atoms with Gasteiger partial charge < -0.3 is 10.5 Å². The van der Waals surface area contributed by atoms with Gasteiger partial charge in [-0.25, -0.2) is 0 Å². The summed E-state index contributed by atoms with van der Waals surface area (Å²) in [5, 5.41) is 0. The van der Waals surface area contributed by atoms with E-state index in [0.29, 0.717) is 0 Å². The van der Waals surface area contributed by atoms with Crippen molar-refractivity contribution in [3.05, 3.63) is 41.5 Å². The first-order chi connectivity index (χ1) is 9.29. The summed E-state index contributed by atoms with van der Waals surface area (Å²) in [6.07, 6.45) is 5.69. The van der Waals surface area contributed by atoms with E-state index < -0.39 is 0 Å². The van der Waals surface area contributed by atoms with Crippen molar-refractivity contribution in [1.82, 2.24) is 4.90 Å². The van der Waals surface area contributed by atoms with Gasteiger partial charge >= 0.3 is 0 Å². The quantitative estimate of drug-likeness (QED) is 0.631. The van der Waals surface area contributed by atoms with E-state index in [1.54, 1.807) is 7.11 Å². The topological polar surface area (TPSA) is 38.5 Å². The van der Waals surface area contributed by atoms with Crippen LogP contribution in [0.2, 0.25) is 0 Å². The molecule has 2 N–H and O–H groups in total. The zero-order valence-electron chi connectivity index (χ0n) is 11.8. The molecule has 0 atom stereocenters. The van der Waals surface area contributed by atoms with E-state index in [1.165, 1.54) is 17.6 Å². The second-order valence-electron chi connectivity index (χ2n) is 5.15. The Bertz CT molecular complexity index is 429. The molecule has 0 aliphatic carbocycles. The number of anilines is 1. The number of rotatable bonds is 6. The lowest BCUT2D eigenvalue weighted by atomic mass is 10.1. The average Bonchev–Trinajstić information content (AvgIpc) is 2.43. The number of ether oxygens (including phenoxy) is 1. The van der Waals surface area contributed by atoms with Crippen LogP contribution in [-0.4, -0.2) is 38.3 Å². The minimum absolute atomic E-state index is 0.786. The molecule has 0 amide bonds. The Morgan fingerprint density at radius 3 is 2.84 bits per heavy atom. The minimum atomic E-state index is 0.786. The molecule has 0 saturated heterocycles. The summed E-state index contributed by atoms with van der Waals surface area (Å²) < 4.78 is 5.17. The van der Waals surface area contributed by atoms with Crippen molar-refractivity contribution in [1.29, 1.82) is 0 Å². The summed E-state index contributed by atoms with van der Waals surface area (Å²) in [6.45, 7) is 4.14. The molecule has 1 heterocycles. The van der Waals surface area contributed by atoms with Gasteiger partial charge in [-0.15, -0.1) is 0 Å². The zero-order chi connectivity index (χ0) is 13.5. The molecule has 3 nitrogen and oxygen atoms in total. The van der Waals surface area contributed by atoms with Crippen molar-refractivity contribution in [2.24, 2.45) is 0 Å². The van der Waals surface area contributed by atoms with Crippen molar-refractivity contribution >= 4 is 5.69 Å². The molecule has 104 valence electrons. The van der Waals surface area contributed by atoms with Gasteiger partial charge in [0.1, 0.15) is 0 Å². The van der Waals surface area contributed by atoms with Crippen molar-refractivity contribution in [3.63, 3.8) is 0 Å². The maximum absolute atomic E-state index is 5.95. The highest BCUT2D eigenvalue weighted by atomic mass is 16.5. The van der Waals surface area contributed by atoms with E-state index in [-0.39, 0.29) is 0 Å². The third-order valence-electron chi connectivity index (χ3n) is 3.69. The second kappa shape index (κ2) is 7.31. The van der Waals surface area contributed by atoms with Crippen molar-refractivity contribution < 1.29 is 4.74 Å². The van der Waals surface area contributed by atoms with Crippen LogP contribution in [0.1, 0.15) is 18.4 Å². The van der Waals surface area contributed by atoms with Gasteiger partial charge in [-0.05, 0) is 43.0 Å². The lowest BCUT2D eigenvalue weighted by molar-refractivity contribution is 0.211. The van der Waals surface area contributed by atoms with Crippen LogP contribution in [0, 0.1) is 0 Å². The van der Waals surface area contributed by atoms with Crippen molar-refractivity contribution in [3.8, 4) is 0 Å². The number of nitrogen functional groups attached to an aromatic ring is 1. The van der Waals surface area contributed by atoms with Crippen LogP contribution in [0.15, 0.2) is 35.9 Å². The monoisotopic (exact) mass is 260 g/mol. The number of hydrogen-bond donors (Lipinski definition) is 1. The van der Waals surface area contributed by atoms with Gasteiger partial charge in [0.2, 0.25) is 0 Å². The van der Waals surface area contributed by atoms with Gasteiger partial charge in [0.25, 0.3) is 0 Å². The third kappa shape index (κ3) is 4.37. The Labute approximate surface area is 116 Å². The number of nitrogens with two attached hydrogens (primary N) is 1. The van der Waals surface area contributed by atoms with E-state index in [0.717, 1.165) is 44.8 Å². The molecule has 0 unspecified atom stereocenters. The van der Waals surface area contributed by atoms with Crippen LogP contribution in [0.25, 0.3) is 0 Å². The first-order valence-corrected chi connectivity index (χ1v) is 7.02. The van der Waals surface area contributed by atoms with Crippen LogP contribution < -0.4 is 5.73 Å². The predicted molar refractivity (Wildman–Crippen MR) is 80.2 cm³/mol. The molecule has 3 heteroatoms. The normalized spacial score (nSPS) is 16.4. The van der Waals surface area contributed by atoms with Crippen LogP contribution in [0.4, 0.5) is 5.69 Å². The van der Waals surface area contributed by atoms with Gasteiger partial charge in [-0.1, -0.05) is 24.3 Å². The number of benzene rings is 1. The molecule has 1 aliphatic rings. The third-order valence-corrected chi connectivity index (χ3v) is 3.69. The molecule has 0 saturated carbocycles. The van der Waals surface area contributed by atoms with E-state index in [9.17, 15) is 0 Å². The first kappa shape index (κ1) is 14.1. The smallest absolute Gasteiger partial charge is 0.0673 e. The van der Waals surface area contributed by atoms with Gasteiger partial charge in [0, 0.05) is 25.9 Å². The van der Waals surface area contributed by atoms with Crippen molar-refractivity contribution in [2.75, 3.05) is 39.1 Å². The Hall–Kier alpha value is -1.32. The molecule has 1 aromatic carbocycles. The number of hydrogen-bond acceptors (Lipinski definition) is 3. The lowest BCUT2D eigenvalue weighted by Crippen LogP contribution is -2.30. The summed E-state index contributed by atoms with van der Waals surface area (Å²) in [6, 6.07) is 8.16. The fraction of sp³-hybridized carbons (Fsp3) is 0.500. The molecule has 0 fully saturated rings. The van der Waals surface area contributed by atoms with Gasteiger partial charge in [0.05, 0.1) is 6.61 Å². The molecule has 0 bridgehead atoms. The van der Waals surface area contributed by atoms with Gasteiger partial charge in [0.15, 0.2) is 0 Å². The largest absolute Gasteiger partial charge is 0.399 e. The molecule has 0 spiro atoms. The summed E-state index contributed by atoms with van der Waals surface area (Å²) in [5.74, 6) is 0. The summed E-state index contributed by atoms with van der Waals surface area (Å²) in [4.78, 5) is 2.50. The van der Waals surface area contributed by atoms with E-state index >= 15 is 0 Å². The standard InChI is InChI=1S/C16H24N2O/c1-19-13-14-8-11-18(12-9-14)10-4-6-15-5-2-3-7-16(15)17/h2-3,5,7-8H,4,6,9-13,17H2,1H3. The van der Waals surface area contributed by atoms with Crippen LogP contribution in [-0.2, 0) is 11.2 Å². The fourth-order valence-corrected chi connectivity index (χ4v) is 2.53. The maximum atomic E-state index is 5.95. The highest BCUT2D eigenvalue weighted by Gasteiger charge is 2.11. The van der Waals surface area contributed by atoms with Crippen molar-refractivity contribution in [2.45, 2.75) is 19.3 Å². The number of para-hydroxylation sites is 1. The fourth-order valence-electron chi connectivity index (χ4n) is 2.53. The summed E-state index contributed by atoms with van der Waals surface area (Å²) in [5.41, 5.74) is 9.58. The number of methoxy groups -OCH3 is 1. The summed E-state index contributed by atoms with van der Waals surface area (Å²) in [7, 11) is 1.76. The maximum Gasteiger partial charge on any atom is 0.0673 e. The molecular formula is C16H24N2O. The number of aryl methyl sites for hydroxylation is 1. The van der Waals surface area contributed by atoms with Crippen LogP contribution >= 0.6 is 0 Å². The Morgan fingerprint density at radius 1 is 1.32 bits per heavy atom. The Balaban J connectivity index is 1.71. The van der Waals surface area contributed by atoms with Gasteiger partial charge in [-0.2, -0.15) is 0 Å². The molecule has 1 aromatic rings. The van der Waals surface area contributed by atoms with Crippen LogP contribution in [0.5, 0.6) is 0 Å². The van der Waals surface area contributed by atoms with Gasteiger partial charge in [-0.3, -0.25) is 4.90 Å². The van der Waals surface area contributed by atoms with E-state index in [2.05, 4.69) is 23.1 Å². The summed E-state index contributed by atoms with van der Waals surface area (Å²) >= 11 is 0. The Morgan fingerprint density at radius 2 is 2.16 bits per heavy atom. The number of nitrogens with zero attached hydrogens (tertiary/aromatic N) is 1. The molecule has 1 aliphatic heterocycles. The zero-order valence-corrected chi connectivity index (χ0v) is 11.8. The molecule has 2 rings (SSSR count). The average molecular weight is 260 g/mol. The lowest BCUT2D eigenvalue weighted by Gasteiger charge is -2.26. The molecular weight excluding hydrogens is 236 g/mol. The first-order valence-electron chi connectivity index (χ1n) is 7.02. The highest BCUT2D eigenvalue weighted by Crippen LogP contribution is 2.15. The Kier molecular flexibility index (Phi) is 5.43. The van der Waals surface area contributed by atoms with E-state index in [1.807, 2.05) is 12.1 Å². The second-order valence-corrected chi connectivity index (χ2v) is 5.15. The predicted octanol–water partition coefficient (Wildman–Crippen LogP) is 2.48. The highest BCUT2D eigenvalue weighted by molar-refractivity contribution is 5.46. The molecule has 0 aromatic heterocycles. The minimum Gasteiger partial charge on any atom is -0.399 e.